The summed E-state index contributed by atoms with van der Waals surface area (Å²) in [6.45, 7) is 6.46. The van der Waals surface area contributed by atoms with Gasteiger partial charge in [0.25, 0.3) is 0 Å². The first-order chi connectivity index (χ1) is 13.0. The van der Waals surface area contributed by atoms with Crippen LogP contribution in [-0.4, -0.2) is 55.5 Å². The van der Waals surface area contributed by atoms with E-state index in [1.807, 2.05) is 36.9 Å². The van der Waals surface area contributed by atoms with Crippen molar-refractivity contribution in [2.45, 2.75) is 33.4 Å². The van der Waals surface area contributed by atoms with Gasteiger partial charge >= 0.3 is 0 Å². The second-order valence-corrected chi connectivity index (χ2v) is 6.50. The Kier molecular flexibility index (Phi) is 5.60. The van der Waals surface area contributed by atoms with Crippen LogP contribution in [-0.2, 0) is 6.54 Å². The van der Waals surface area contributed by atoms with Crippen LogP contribution in [0.15, 0.2) is 24.3 Å². The van der Waals surface area contributed by atoms with Crippen LogP contribution in [0, 0.1) is 0 Å². The molecule has 0 aliphatic heterocycles. The largest absolute Gasteiger partial charge is 0.395 e. The fourth-order valence-electron chi connectivity index (χ4n) is 2.77. The quantitative estimate of drug-likeness (QED) is 0.514. The monoisotopic (exact) mass is 369 g/mol. The molecular formula is C18H23N7O2. The summed E-state index contributed by atoms with van der Waals surface area (Å²) in [6, 6.07) is 7.55. The first-order valence-corrected chi connectivity index (χ1v) is 8.79. The molecule has 3 aromatic rings. The zero-order valence-electron chi connectivity index (χ0n) is 15.6. The van der Waals surface area contributed by atoms with Crippen LogP contribution in [0.3, 0.4) is 0 Å². The summed E-state index contributed by atoms with van der Waals surface area (Å²) >= 11 is 0. The number of nitrogens with zero attached hydrogens (tertiary/aromatic N) is 5. The number of hydrogen-bond donors (Lipinski definition) is 3. The SMILES string of the molecule is CC(=O)c1cccc(CNc2nc(N(CCO)C(C)C)nc3nn[nH]c23)c1. The number of anilines is 2. The third-order valence-electron chi connectivity index (χ3n) is 4.20. The minimum atomic E-state index is -0.000999. The predicted molar refractivity (Wildman–Crippen MR) is 103 cm³/mol. The Morgan fingerprint density at radius 3 is 2.85 bits per heavy atom. The van der Waals surface area contributed by atoms with Crippen molar-refractivity contribution in [2.75, 3.05) is 23.4 Å². The second kappa shape index (κ2) is 8.09. The summed E-state index contributed by atoms with van der Waals surface area (Å²) in [4.78, 5) is 22.5. The number of aromatic amines is 1. The van der Waals surface area contributed by atoms with Gasteiger partial charge in [0.1, 0.15) is 5.52 Å². The molecule has 142 valence electrons. The molecule has 0 fully saturated rings. The van der Waals surface area contributed by atoms with Crippen molar-refractivity contribution in [1.82, 2.24) is 25.4 Å². The molecule has 27 heavy (non-hydrogen) atoms. The summed E-state index contributed by atoms with van der Waals surface area (Å²) in [6.07, 6.45) is 0. The maximum absolute atomic E-state index is 11.6. The minimum absolute atomic E-state index is 0.000999. The maximum Gasteiger partial charge on any atom is 0.229 e. The van der Waals surface area contributed by atoms with E-state index in [4.69, 9.17) is 0 Å². The third kappa shape index (κ3) is 4.20. The highest BCUT2D eigenvalue weighted by Gasteiger charge is 2.18. The van der Waals surface area contributed by atoms with Crippen molar-refractivity contribution in [3.05, 3.63) is 35.4 Å². The summed E-state index contributed by atoms with van der Waals surface area (Å²) in [7, 11) is 0. The molecule has 0 atom stereocenters. The molecule has 0 saturated carbocycles. The highest BCUT2D eigenvalue weighted by Crippen LogP contribution is 2.22. The minimum Gasteiger partial charge on any atom is -0.395 e. The van der Waals surface area contributed by atoms with Crippen molar-refractivity contribution >= 4 is 28.7 Å². The molecule has 0 radical (unpaired) electrons. The van der Waals surface area contributed by atoms with Crippen molar-refractivity contribution in [3.63, 3.8) is 0 Å². The van der Waals surface area contributed by atoms with Gasteiger partial charge in [-0.05, 0) is 32.4 Å². The summed E-state index contributed by atoms with van der Waals surface area (Å²) < 4.78 is 0. The number of aliphatic hydroxyl groups is 1. The Hall–Kier alpha value is -3.07. The van der Waals surface area contributed by atoms with Gasteiger partial charge in [-0.1, -0.05) is 23.4 Å². The van der Waals surface area contributed by atoms with E-state index in [-0.39, 0.29) is 18.4 Å². The van der Waals surface area contributed by atoms with Crippen LogP contribution in [0.4, 0.5) is 11.8 Å². The average Bonchev–Trinajstić information content (AvgIpc) is 3.12. The van der Waals surface area contributed by atoms with Gasteiger partial charge in [-0.25, -0.2) is 0 Å². The Labute approximate surface area is 156 Å². The molecule has 1 aromatic carbocycles. The zero-order chi connectivity index (χ0) is 19.4. The maximum atomic E-state index is 11.6. The van der Waals surface area contributed by atoms with Crippen LogP contribution in [0.2, 0.25) is 0 Å². The van der Waals surface area contributed by atoms with E-state index < -0.39 is 0 Å². The second-order valence-electron chi connectivity index (χ2n) is 6.50. The van der Waals surface area contributed by atoms with Crippen LogP contribution < -0.4 is 10.2 Å². The first-order valence-electron chi connectivity index (χ1n) is 8.79. The molecule has 0 aliphatic carbocycles. The van der Waals surface area contributed by atoms with Crippen LogP contribution in [0.5, 0.6) is 0 Å². The van der Waals surface area contributed by atoms with E-state index >= 15 is 0 Å². The molecule has 9 heteroatoms. The molecule has 0 bridgehead atoms. The van der Waals surface area contributed by atoms with Gasteiger partial charge < -0.3 is 15.3 Å². The molecule has 0 amide bonds. The smallest absolute Gasteiger partial charge is 0.229 e. The van der Waals surface area contributed by atoms with Crippen LogP contribution >= 0.6 is 0 Å². The summed E-state index contributed by atoms with van der Waals surface area (Å²) in [5.41, 5.74) is 2.68. The first kappa shape index (κ1) is 18.7. The third-order valence-corrected chi connectivity index (χ3v) is 4.20. The molecule has 3 rings (SSSR count). The number of rotatable bonds is 8. The topological polar surface area (TPSA) is 120 Å². The number of Topliss-reactive ketones (excluding diaryl/α,β-unsaturated/α-hetero) is 1. The Morgan fingerprint density at radius 2 is 2.15 bits per heavy atom. The lowest BCUT2D eigenvalue weighted by Gasteiger charge is -2.26. The molecule has 3 N–H and O–H groups in total. The molecule has 2 aromatic heterocycles. The fraction of sp³-hybridized carbons (Fsp3) is 0.389. The number of benzene rings is 1. The summed E-state index contributed by atoms with van der Waals surface area (Å²) in [5, 5.41) is 23.2. The van der Waals surface area contributed by atoms with E-state index in [1.165, 1.54) is 0 Å². The van der Waals surface area contributed by atoms with Crippen molar-refractivity contribution in [2.24, 2.45) is 0 Å². The van der Waals surface area contributed by atoms with E-state index in [1.54, 1.807) is 13.0 Å². The van der Waals surface area contributed by atoms with E-state index in [0.29, 0.717) is 41.6 Å². The summed E-state index contributed by atoms with van der Waals surface area (Å²) in [5.74, 6) is 1.06. The number of carbonyl (C=O) groups is 1. The molecular weight excluding hydrogens is 346 g/mol. The number of nitrogens with one attached hydrogen (secondary N) is 2. The molecule has 2 heterocycles. The lowest BCUT2D eigenvalue weighted by Crippen LogP contribution is -2.35. The molecule has 9 nitrogen and oxygen atoms in total. The Bertz CT molecular complexity index is 938. The van der Waals surface area contributed by atoms with Gasteiger partial charge in [0, 0.05) is 24.7 Å². The number of aliphatic hydroxyl groups excluding tert-OH is 1. The number of aromatic nitrogens is 5. The van der Waals surface area contributed by atoms with Crippen molar-refractivity contribution in [3.8, 4) is 0 Å². The zero-order valence-corrected chi connectivity index (χ0v) is 15.6. The fourth-order valence-corrected chi connectivity index (χ4v) is 2.77. The standard InChI is InChI=1S/C18H23N7O2/c1-11(2)25(7-8-26)18-20-16(15-17(21-18)23-24-22-15)19-10-13-5-4-6-14(9-13)12(3)27/h4-6,9,11,26H,7-8,10H2,1-3H3,(H2,19,20,21,22,23,24). The van der Waals surface area contributed by atoms with Gasteiger partial charge in [-0.15, -0.1) is 5.10 Å². The lowest BCUT2D eigenvalue weighted by atomic mass is 10.1. The lowest BCUT2D eigenvalue weighted by molar-refractivity contribution is 0.101. The van der Waals surface area contributed by atoms with E-state index in [2.05, 4.69) is 30.7 Å². The number of fused-ring (bicyclic) bond motifs is 1. The van der Waals surface area contributed by atoms with Crippen LogP contribution in [0.1, 0.15) is 36.7 Å². The highest BCUT2D eigenvalue weighted by molar-refractivity contribution is 5.94. The predicted octanol–water partition coefficient (Wildman–Crippen LogP) is 1.77. The van der Waals surface area contributed by atoms with Crippen molar-refractivity contribution in [1.29, 1.82) is 0 Å². The normalized spacial score (nSPS) is 11.1. The number of carbonyl (C=O) groups excluding carboxylic acids is 1. The Morgan fingerprint density at radius 1 is 1.33 bits per heavy atom. The van der Waals surface area contributed by atoms with Crippen LogP contribution in [0.25, 0.3) is 11.2 Å². The molecule has 0 spiro atoms. The van der Waals surface area contributed by atoms with Crippen molar-refractivity contribution < 1.29 is 9.90 Å². The number of hydrogen-bond acceptors (Lipinski definition) is 8. The van der Waals surface area contributed by atoms with Gasteiger partial charge in [0.05, 0.1) is 6.61 Å². The van der Waals surface area contributed by atoms with Gasteiger partial charge in [-0.3, -0.25) is 9.89 Å². The molecule has 0 aliphatic rings. The number of H-pyrrole nitrogens is 1. The van der Waals surface area contributed by atoms with E-state index in [9.17, 15) is 9.90 Å². The highest BCUT2D eigenvalue weighted by atomic mass is 16.3. The van der Waals surface area contributed by atoms with Gasteiger partial charge in [-0.2, -0.15) is 9.97 Å². The molecule has 0 unspecified atom stereocenters. The number of ketones is 1. The average molecular weight is 369 g/mol. The van der Waals surface area contributed by atoms with E-state index in [0.717, 1.165) is 5.56 Å². The van der Waals surface area contributed by atoms with Gasteiger partial charge in [0.2, 0.25) is 11.6 Å². The Balaban J connectivity index is 1.90. The van der Waals surface area contributed by atoms with Gasteiger partial charge in [0.15, 0.2) is 11.6 Å². The molecule has 0 saturated heterocycles.